The van der Waals surface area contributed by atoms with E-state index >= 15 is 0 Å². The van der Waals surface area contributed by atoms with E-state index < -0.39 is 5.91 Å². The summed E-state index contributed by atoms with van der Waals surface area (Å²) in [5, 5.41) is 20.4. The molecule has 2 aromatic carbocycles. The number of H-pyrrole nitrogens is 1. The second-order valence-corrected chi connectivity index (χ2v) is 6.10. The molecule has 1 heterocycles. The number of carbonyl (C=O) groups is 1. The van der Waals surface area contributed by atoms with E-state index in [2.05, 4.69) is 20.7 Å². The number of nitrogens with zero attached hydrogens (tertiary/aromatic N) is 2. The average molecular weight is 410 g/mol. The molecule has 3 rings (SSSR count). The molecule has 30 heavy (non-hydrogen) atoms. The van der Waals surface area contributed by atoms with Crippen molar-refractivity contribution in [3.8, 4) is 34.3 Å². The monoisotopic (exact) mass is 410 g/mol. The van der Waals surface area contributed by atoms with Gasteiger partial charge in [0.1, 0.15) is 5.69 Å². The number of hydrazone groups is 1. The van der Waals surface area contributed by atoms with Crippen LogP contribution in [0.3, 0.4) is 0 Å². The average Bonchev–Trinajstić information content (AvgIpc) is 3.25. The van der Waals surface area contributed by atoms with Gasteiger partial charge in [0.15, 0.2) is 23.0 Å². The van der Waals surface area contributed by atoms with Crippen LogP contribution in [0.25, 0.3) is 11.3 Å². The van der Waals surface area contributed by atoms with Gasteiger partial charge < -0.3 is 19.3 Å². The van der Waals surface area contributed by atoms with Gasteiger partial charge in [-0.2, -0.15) is 10.2 Å². The molecule has 1 aromatic heterocycles. The van der Waals surface area contributed by atoms with Gasteiger partial charge in [-0.15, -0.1) is 0 Å². The van der Waals surface area contributed by atoms with Gasteiger partial charge in [-0.05, 0) is 55.0 Å². The van der Waals surface area contributed by atoms with Gasteiger partial charge in [0.25, 0.3) is 5.91 Å². The summed E-state index contributed by atoms with van der Waals surface area (Å²) in [5.74, 6) is 1.10. The van der Waals surface area contributed by atoms with E-state index in [1.165, 1.54) is 19.4 Å². The molecule has 0 aliphatic heterocycles. The normalized spacial score (nSPS) is 10.8. The number of ether oxygens (including phenoxy) is 3. The number of hydrogen-bond donors (Lipinski definition) is 3. The van der Waals surface area contributed by atoms with Crippen molar-refractivity contribution in [2.75, 3.05) is 20.8 Å². The van der Waals surface area contributed by atoms with E-state index in [0.29, 0.717) is 35.1 Å². The van der Waals surface area contributed by atoms with Gasteiger partial charge in [0.2, 0.25) is 0 Å². The smallest absolute Gasteiger partial charge is 0.289 e. The number of rotatable bonds is 8. The maximum absolute atomic E-state index is 12.3. The largest absolute Gasteiger partial charge is 0.504 e. The molecular weight excluding hydrogens is 388 g/mol. The number of amides is 1. The van der Waals surface area contributed by atoms with E-state index in [9.17, 15) is 9.90 Å². The predicted molar refractivity (Wildman–Crippen MR) is 111 cm³/mol. The molecule has 0 radical (unpaired) electrons. The molecule has 0 aliphatic carbocycles. The maximum atomic E-state index is 12.3. The van der Waals surface area contributed by atoms with Crippen LogP contribution in [0.1, 0.15) is 23.0 Å². The molecule has 0 atom stereocenters. The highest BCUT2D eigenvalue weighted by molar-refractivity contribution is 5.94. The van der Waals surface area contributed by atoms with Crippen LogP contribution >= 0.6 is 0 Å². The minimum Gasteiger partial charge on any atom is -0.504 e. The molecule has 0 fully saturated rings. The second-order valence-electron chi connectivity index (χ2n) is 6.10. The van der Waals surface area contributed by atoms with Gasteiger partial charge >= 0.3 is 0 Å². The Hall–Kier alpha value is -4.01. The van der Waals surface area contributed by atoms with Gasteiger partial charge in [0.05, 0.1) is 32.7 Å². The first kappa shape index (κ1) is 20.7. The number of carbonyl (C=O) groups excluding carboxylic acids is 1. The van der Waals surface area contributed by atoms with Crippen LogP contribution in [0.2, 0.25) is 0 Å². The third kappa shape index (κ3) is 4.69. The van der Waals surface area contributed by atoms with Gasteiger partial charge in [-0.1, -0.05) is 0 Å². The summed E-state index contributed by atoms with van der Waals surface area (Å²) in [5.41, 5.74) is 4.67. The highest BCUT2D eigenvalue weighted by Gasteiger charge is 2.13. The van der Waals surface area contributed by atoms with Gasteiger partial charge in [0, 0.05) is 5.56 Å². The van der Waals surface area contributed by atoms with E-state index in [-0.39, 0.29) is 11.4 Å². The van der Waals surface area contributed by atoms with Crippen molar-refractivity contribution in [3.63, 3.8) is 0 Å². The van der Waals surface area contributed by atoms with Crippen molar-refractivity contribution in [2.45, 2.75) is 6.92 Å². The Balaban J connectivity index is 1.69. The number of aromatic hydroxyl groups is 1. The van der Waals surface area contributed by atoms with Crippen LogP contribution in [-0.2, 0) is 0 Å². The molecule has 0 unspecified atom stereocenters. The first-order chi connectivity index (χ1) is 14.5. The van der Waals surface area contributed by atoms with Gasteiger partial charge in [-0.25, -0.2) is 5.43 Å². The fraction of sp³-hybridized carbons (Fsp3) is 0.190. The Labute approximate surface area is 173 Å². The fourth-order valence-corrected chi connectivity index (χ4v) is 2.69. The summed E-state index contributed by atoms with van der Waals surface area (Å²) in [6.07, 6.45) is 1.44. The van der Waals surface area contributed by atoms with Crippen molar-refractivity contribution in [3.05, 3.63) is 53.7 Å². The summed E-state index contributed by atoms with van der Waals surface area (Å²) < 4.78 is 15.9. The Morgan fingerprint density at radius 1 is 1.13 bits per heavy atom. The zero-order valence-corrected chi connectivity index (χ0v) is 16.8. The number of aromatic amines is 1. The second kappa shape index (κ2) is 9.46. The number of methoxy groups -OCH3 is 2. The Morgan fingerprint density at radius 3 is 2.67 bits per heavy atom. The van der Waals surface area contributed by atoms with Crippen LogP contribution in [0, 0.1) is 0 Å². The number of phenols is 1. The topological polar surface area (TPSA) is 118 Å². The molecule has 156 valence electrons. The highest BCUT2D eigenvalue weighted by Crippen LogP contribution is 2.32. The molecule has 0 saturated carbocycles. The molecule has 0 bridgehead atoms. The third-order valence-electron chi connectivity index (χ3n) is 4.17. The van der Waals surface area contributed by atoms with Gasteiger partial charge in [-0.3, -0.25) is 9.89 Å². The van der Waals surface area contributed by atoms with E-state index in [4.69, 9.17) is 14.2 Å². The molecule has 0 aliphatic rings. The lowest BCUT2D eigenvalue weighted by Gasteiger charge is -2.09. The standard InChI is InChI=1S/C21H22N4O5/c1-4-30-18-8-6-14(10-20(18)29-3)15-11-16(24-23-15)21(27)25-22-12-13-5-7-17(26)19(9-13)28-2/h5-12,26H,4H2,1-3H3,(H,23,24)(H,25,27)/b22-12+. The van der Waals surface area contributed by atoms with Crippen molar-refractivity contribution < 1.29 is 24.1 Å². The molecule has 0 spiro atoms. The van der Waals surface area contributed by atoms with Crippen molar-refractivity contribution in [1.29, 1.82) is 0 Å². The zero-order chi connectivity index (χ0) is 21.5. The molecule has 3 aromatic rings. The van der Waals surface area contributed by atoms with Crippen LogP contribution in [0.4, 0.5) is 0 Å². The highest BCUT2D eigenvalue weighted by atomic mass is 16.5. The summed E-state index contributed by atoms with van der Waals surface area (Å²) in [6, 6.07) is 11.8. The minimum atomic E-state index is -0.450. The maximum Gasteiger partial charge on any atom is 0.289 e. The lowest BCUT2D eigenvalue weighted by Crippen LogP contribution is -2.18. The quantitative estimate of drug-likeness (QED) is 0.388. The zero-order valence-electron chi connectivity index (χ0n) is 16.8. The summed E-state index contributed by atoms with van der Waals surface area (Å²) in [4.78, 5) is 12.3. The predicted octanol–water partition coefficient (Wildman–Crippen LogP) is 2.96. The third-order valence-corrected chi connectivity index (χ3v) is 4.17. The van der Waals surface area contributed by atoms with Crippen molar-refractivity contribution in [1.82, 2.24) is 15.6 Å². The van der Waals surface area contributed by atoms with E-state index in [1.54, 1.807) is 37.4 Å². The molecule has 0 saturated heterocycles. The molecule has 9 heteroatoms. The summed E-state index contributed by atoms with van der Waals surface area (Å²) >= 11 is 0. The van der Waals surface area contributed by atoms with Crippen molar-refractivity contribution in [2.24, 2.45) is 5.10 Å². The van der Waals surface area contributed by atoms with Crippen LogP contribution in [-0.4, -0.2) is 48.3 Å². The first-order valence-electron chi connectivity index (χ1n) is 9.12. The van der Waals surface area contributed by atoms with Crippen LogP contribution in [0.15, 0.2) is 47.6 Å². The number of nitrogens with one attached hydrogen (secondary N) is 2. The summed E-state index contributed by atoms with van der Waals surface area (Å²) in [7, 11) is 3.01. The Kier molecular flexibility index (Phi) is 6.53. The minimum absolute atomic E-state index is 0.0228. The Morgan fingerprint density at radius 2 is 1.93 bits per heavy atom. The molecule has 3 N–H and O–H groups in total. The first-order valence-corrected chi connectivity index (χ1v) is 9.12. The number of phenolic OH excluding ortho intramolecular Hbond substituents is 1. The Bertz CT molecular complexity index is 1060. The molecule has 1 amide bonds. The molecule has 9 nitrogen and oxygen atoms in total. The summed E-state index contributed by atoms with van der Waals surface area (Å²) in [6.45, 7) is 2.42. The van der Waals surface area contributed by atoms with E-state index in [0.717, 1.165) is 5.56 Å². The lowest BCUT2D eigenvalue weighted by atomic mass is 10.1. The van der Waals surface area contributed by atoms with Crippen molar-refractivity contribution >= 4 is 12.1 Å². The van der Waals surface area contributed by atoms with E-state index in [1.807, 2.05) is 13.0 Å². The number of aromatic nitrogens is 2. The number of benzene rings is 2. The van der Waals surface area contributed by atoms with Crippen LogP contribution in [0.5, 0.6) is 23.0 Å². The molecular formula is C21H22N4O5. The lowest BCUT2D eigenvalue weighted by molar-refractivity contribution is 0.0950. The van der Waals surface area contributed by atoms with Crippen LogP contribution < -0.4 is 19.6 Å². The SMILES string of the molecule is CCOc1ccc(-c2cc(C(=O)N/N=C/c3ccc(O)c(OC)c3)[nH]n2)cc1OC. The fourth-order valence-electron chi connectivity index (χ4n) is 2.69. The number of hydrogen-bond acceptors (Lipinski definition) is 7.